The fourth-order valence-electron chi connectivity index (χ4n) is 3.13. The van der Waals surface area contributed by atoms with Crippen LogP contribution in [0.2, 0.25) is 0 Å². The minimum absolute atomic E-state index is 0.249. The van der Waals surface area contributed by atoms with Crippen LogP contribution in [-0.2, 0) is 9.53 Å². The van der Waals surface area contributed by atoms with Crippen molar-refractivity contribution in [1.29, 1.82) is 0 Å². The van der Waals surface area contributed by atoms with Crippen LogP contribution in [0.1, 0.15) is 46.2 Å². The first-order chi connectivity index (χ1) is 13.0. The number of carbonyl (C=O) groups is 2. The third kappa shape index (κ3) is 5.16. The number of ether oxygens (including phenoxy) is 1. The van der Waals surface area contributed by atoms with Gasteiger partial charge in [0, 0.05) is 34.6 Å². The number of benzene rings is 1. The molecule has 1 fully saturated rings. The Morgan fingerprint density at radius 2 is 1.89 bits per heavy atom. The maximum atomic E-state index is 12.3. The largest absolute Gasteiger partial charge is 0.452 e. The van der Waals surface area contributed by atoms with Gasteiger partial charge in [0.25, 0.3) is 5.91 Å². The van der Waals surface area contributed by atoms with Crippen molar-refractivity contribution < 1.29 is 14.3 Å². The number of esters is 1. The lowest BCUT2D eigenvalue weighted by Crippen LogP contribution is -2.30. The smallest absolute Gasteiger partial charge is 0.340 e. The molecule has 144 valence electrons. The molecule has 1 aliphatic carbocycles. The first-order valence-electron chi connectivity index (χ1n) is 9.27. The lowest BCUT2D eigenvalue weighted by Gasteiger charge is -2.08. The fourth-order valence-corrected chi connectivity index (χ4v) is 3.90. The molecule has 1 heterocycles. The van der Waals surface area contributed by atoms with E-state index in [4.69, 9.17) is 4.74 Å². The number of aryl methyl sites for hydroxylation is 2. The summed E-state index contributed by atoms with van der Waals surface area (Å²) in [4.78, 5) is 25.4. The summed E-state index contributed by atoms with van der Waals surface area (Å²) in [5, 5.41) is 2.79. The number of nitrogens with one attached hydrogen (secondary N) is 1. The van der Waals surface area contributed by atoms with E-state index in [0.717, 1.165) is 30.0 Å². The zero-order chi connectivity index (χ0) is 19.4. The molecule has 1 saturated carbocycles. The van der Waals surface area contributed by atoms with Crippen LogP contribution >= 0.6 is 11.8 Å². The highest BCUT2D eigenvalue weighted by Gasteiger charge is 2.28. The summed E-state index contributed by atoms with van der Waals surface area (Å²) in [6.07, 6.45) is 2.32. The maximum Gasteiger partial charge on any atom is 0.340 e. The zero-order valence-electron chi connectivity index (χ0n) is 16.1. The molecule has 5 nitrogen and oxygen atoms in total. The normalized spacial score (nSPS) is 13.4. The van der Waals surface area contributed by atoms with E-state index >= 15 is 0 Å². The Hall–Kier alpha value is -2.21. The van der Waals surface area contributed by atoms with Gasteiger partial charge in [-0.2, -0.15) is 0 Å². The van der Waals surface area contributed by atoms with Crippen molar-refractivity contribution in [2.45, 2.75) is 44.6 Å². The van der Waals surface area contributed by atoms with E-state index in [1.54, 1.807) is 11.8 Å². The fraction of sp³-hybridized carbons (Fsp3) is 0.429. The van der Waals surface area contributed by atoms with Crippen LogP contribution in [0.5, 0.6) is 0 Å². The van der Waals surface area contributed by atoms with Crippen LogP contribution in [0.15, 0.2) is 35.2 Å². The summed E-state index contributed by atoms with van der Waals surface area (Å²) in [5.74, 6) is 0.0636. The molecule has 1 amide bonds. The van der Waals surface area contributed by atoms with Crippen molar-refractivity contribution in [2.75, 3.05) is 18.9 Å². The summed E-state index contributed by atoms with van der Waals surface area (Å²) in [5.41, 5.74) is 3.78. The van der Waals surface area contributed by atoms with Gasteiger partial charge in [0.1, 0.15) is 0 Å². The lowest BCUT2D eigenvalue weighted by atomic mass is 10.2. The quantitative estimate of drug-likeness (QED) is 0.426. The second kappa shape index (κ2) is 8.65. The van der Waals surface area contributed by atoms with Gasteiger partial charge >= 0.3 is 5.97 Å². The van der Waals surface area contributed by atoms with Crippen LogP contribution in [0.4, 0.5) is 0 Å². The zero-order valence-corrected chi connectivity index (χ0v) is 16.9. The van der Waals surface area contributed by atoms with E-state index in [9.17, 15) is 9.59 Å². The standard InChI is InChI=1S/C21H26N2O3S/c1-14-4-8-18(9-5-14)27-11-10-22-20(24)13-26-21(25)19-12-15(2)23(16(19)3)17-6-7-17/h4-5,8-9,12,17H,6-7,10-11,13H2,1-3H3,(H,22,24). The number of hydrogen-bond acceptors (Lipinski definition) is 4. The molecule has 0 unspecified atom stereocenters. The summed E-state index contributed by atoms with van der Waals surface area (Å²) in [7, 11) is 0. The van der Waals surface area contributed by atoms with Gasteiger partial charge in [-0.3, -0.25) is 4.79 Å². The van der Waals surface area contributed by atoms with Crippen LogP contribution in [-0.4, -0.2) is 35.3 Å². The van der Waals surface area contributed by atoms with E-state index in [2.05, 4.69) is 41.1 Å². The Morgan fingerprint density at radius 3 is 2.56 bits per heavy atom. The molecular weight excluding hydrogens is 360 g/mol. The van der Waals surface area contributed by atoms with E-state index in [1.165, 1.54) is 10.5 Å². The van der Waals surface area contributed by atoms with Gasteiger partial charge in [0.2, 0.25) is 0 Å². The topological polar surface area (TPSA) is 60.3 Å². The predicted octanol–water partition coefficient (Wildman–Crippen LogP) is 3.81. The molecule has 6 heteroatoms. The molecule has 0 atom stereocenters. The second-order valence-corrected chi connectivity index (χ2v) is 8.14. The van der Waals surface area contributed by atoms with Crippen LogP contribution in [0.3, 0.4) is 0 Å². The van der Waals surface area contributed by atoms with Gasteiger partial charge in [0.15, 0.2) is 6.61 Å². The molecule has 0 spiro atoms. The molecule has 2 aromatic rings. The SMILES string of the molecule is Cc1ccc(SCCNC(=O)COC(=O)c2cc(C)n(C3CC3)c2C)cc1. The molecule has 1 N–H and O–H groups in total. The monoisotopic (exact) mass is 386 g/mol. The number of carbonyl (C=O) groups excluding carboxylic acids is 2. The first-order valence-corrected chi connectivity index (χ1v) is 10.3. The Kier molecular flexibility index (Phi) is 6.26. The second-order valence-electron chi connectivity index (χ2n) is 6.97. The molecule has 1 aromatic carbocycles. The molecule has 0 saturated heterocycles. The Balaban J connectivity index is 1.39. The molecule has 1 aromatic heterocycles. The highest BCUT2D eigenvalue weighted by atomic mass is 32.2. The summed E-state index contributed by atoms with van der Waals surface area (Å²) < 4.78 is 7.39. The number of amides is 1. The first kappa shape index (κ1) is 19.5. The molecule has 0 radical (unpaired) electrons. The van der Waals surface area contributed by atoms with Crippen LogP contribution < -0.4 is 5.32 Å². The Labute approximate surface area is 164 Å². The maximum absolute atomic E-state index is 12.3. The molecule has 0 aliphatic heterocycles. The minimum Gasteiger partial charge on any atom is -0.452 e. The van der Waals surface area contributed by atoms with Crippen molar-refractivity contribution in [3.63, 3.8) is 0 Å². The Morgan fingerprint density at radius 1 is 1.19 bits per heavy atom. The van der Waals surface area contributed by atoms with E-state index in [-0.39, 0.29) is 12.5 Å². The summed E-state index contributed by atoms with van der Waals surface area (Å²) in [6.45, 7) is 6.27. The van der Waals surface area contributed by atoms with Gasteiger partial charge in [-0.1, -0.05) is 17.7 Å². The third-order valence-electron chi connectivity index (χ3n) is 4.66. The van der Waals surface area contributed by atoms with E-state index in [0.29, 0.717) is 18.2 Å². The van der Waals surface area contributed by atoms with Crippen LogP contribution in [0.25, 0.3) is 0 Å². The van der Waals surface area contributed by atoms with E-state index < -0.39 is 5.97 Å². The van der Waals surface area contributed by atoms with Crippen molar-refractivity contribution in [3.8, 4) is 0 Å². The molecular formula is C21H26N2O3S. The highest BCUT2D eigenvalue weighted by molar-refractivity contribution is 7.99. The molecule has 1 aliphatic rings. The van der Waals surface area contributed by atoms with Crippen molar-refractivity contribution in [3.05, 3.63) is 52.8 Å². The average Bonchev–Trinajstić information content (AvgIpc) is 3.43. The lowest BCUT2D eigenvalue weighted by molar-refractivity contribution is -0.124. The van der Waals surface area contributed by atoms with Crippen LogP contribution in [0, 0.1) is 20.8 Å². The number of aromatic nitrogens is 1. The Bertz CT molecular complexity index is 823. The van der Waals surface area contributed by atoms with Crippen molar-refractivity contribution >= 4 is 23.6 Å². The van der Waals surface area contributed by atoms with Gasteiger partial charge in [-0.25, -0.2) is 4.79 Å². The van der Waals surface area contributed by atoms with Gasteiger partial charge in [0.05, 0.1) is 5.56 Å². The number of nitrogens with zero attached hydrogens (tertiary/aromatic N) is 1. The minimum atomic E-state index is -0.431. The number of rotatable bonds is 8. The molecule has 27 heavy (non-hydrogen) atoms. The number of thioether (sulfide) groups is 1. The summed E-state index contributed by atoms with van der Waals surface area (Å²) >= 11 is 1.68. The van der Waals surface area contributed by atoms with Gasteiger partial charge in [-0.05, 0) is 51.8 Å². The highest BCUT2D eigenvalue weighted by Crippen LogP contribution is 2.38. The van der Waals surface area contributed by atoms with Crippen molar-refractivity contribution in [1.82, 2.24) is 9.88 Å². The van der Waals surface area contributed by atoms with E-state index in [1.807, 2.05) is 19.9 Å². The molecule has 3 rings (SSSR count). The summed E-state index contributed by atoms with van der Waals surface area (Å²) in [6, 6.07) is 10.7. The van der Waals surface area contributed by atoms with Crippen molar-refractivity contribution in [2.24, 2.45) is 0 Å². The van der Waals surface area contributed by atoms with Gasteiger partial charge in [-0.15, -0.1) is 11.8 Å². The predicted molar refractivity (Wildman–Crippen MR) is 107 cm³/mol. The van der Waals surface area contributed by atoms with Gasteiger partial charge < -0.3 is 14.6 Å². The number of hydrogen-bond donors (Lipinski definition) is 1. The molecule has 0 bridgehead atoms. The average molecular weight is 387 g/mol. The third-order valence-corrected chi connectivity index (χ3v) is 5.68.